The maximum atomic E-state index is 13.9. The molecule has 0 aliphatic carbocycles. The molecule has 2 fully saturated rings. The van der Waals surface area contributed by atoms with Crippen molar-refractivity contribution in [1.82, 2.24) is 4.90 Å². The van der Waals surface area contributed by atoms with E-state index in [0.29, 0.717) is 12.0 Å². The van der Waals surface area contributed by atoms with Crippen LogP contribution in [0.1, 0.15) is 24.4 Å². The van der Waals surface area contributed by atoms with Crippen LogP contribution in [0.3, 0.4) is 0 Å². The molecule has 2 saturated heterocycles. The molecule has 4 nitrogen and oxygen atoms in total. The van der Waals surface area contributed by atoms with Crippen LogP contribution in [0.25, 0.3) is 0 Å². The lowest BCUT2D eigenvalue weighted by Crippen LogP contribution is -2.42. The van der Waals surface area contributed by atoms with Gasteiger partial charge in [-0.2, -0.15) is 0 Å². The molecule has 1 N–H and O–H groups in total. The van der Waals surface area contributed by atoms with Crippen molar-refractivity contribution in [2.45, 2.75) is 36.9 Å². The summed E-state index contributed by atoms with van der Waals surface area (Å²) in [5, 5.41) is 9.77. The minimum Gasteiger partial charge on any atom is -0.395 e. The molecule has 8 heteroatoms. The van der Waals surface area contributed by atoms with Crippen LogP contribution < -0.4 is 9.47 Å². The Morgan fingerprint density at radius 3 is 2.67 bits per heavy atom. The highest BCUT2D eigenvalue weighted by atomic mass is 19.3. The van der Waals surface area contributed by atoms with Gasteiger partial charge in [0.05, 0.1) is 13.3 Å². The van der Waals surface area contributed by atoms with Crippen LogP contribution >= 0.6 is 0 Å². The topological polar surface area (TPSA) is 41.9 Å². The molecule has 0 unspecified atom stereocenters. The molecule has 3 heterocycles. The third-order valence-electron chi connectivity index (χ3n) is 5.29. The van der Waals surface area contributed by atoms with E-state index < -0.39 is 36.6 Å². The number of alkyl halides is 4. The van der Waals surface area contributed by atoms with Crippen LogP contribution in [-0.4, -0.2) is 47.8 Å². The third kappa shape index (κ3) is 2.27. The van der Waals surface area contributed by atoms with Gasteiger partial charge in [0.2, 0.25) is 0 Å². The second-order valence-electron chi connectivity index (χ2n) is 6.77. The van der Waals surface area contributed by atoms with E-state index in [4.69, 9.17) is 0 Å². The Kier molecular flexibility index (Phi) is 3.47. The molecule has 0 saturated carbocycles. The van der Waals surface area contributed by atoms with Crippen molar-refractivity contribution < 1.29 is 32.1 Å². The average Bonchev–Trinajstić information content (AvgIpc) is 3.10. The molecule has 4 rings (SSSR count). The number of hydrogen-bond donors (Lipinski definition) is 1. The highest BCUT2D eigenvalue weighted by molar-refractivity contribution is 5.46. The molecule has 0 spiro atoms. The summed E-state index contributed by atoms with van der Waals surface area (Å²) in [7, 11) is 0. The second kappa shape index (κ2) is 5.23. The molecule has 3 aliphatic heterocycles. The maximum absolute atomic E-state index is 13.9. The van der Waals surface area contributed by atoms with E-state index in [2.05, 4.69) is 9.47 Å². The van der Waals surface area contributed by atoms with Gasteiger partial charge in [-0.25, -0.2) is 4.39 Å². The fraction of sp³-hybridized carbons (Fsp3) is 0.625. The molecule has 132 valence electrons. The van der Waals surface area contributed by atoms with Gasteiger partial charge in [0, 0.05) is 30.5 Å². The van der Waals surface area contributed by atoms with Gasteiger partial charge < -0.3 is 14.6 Å². The van der Waals surface area contributed by atoms with Gasteiger partial charge in [-0.15, -0.1) is 8.78 Å². The standard InChI is InChI=1S/C16H17F4NO3/c17-6-10-4-15(8-22)5-11(18)7-21(15)14(10)9-1-2-12-13(3-9)24-16(19,20)23-12/h1-3,10-11,14,22H,4-8H2/t10-,11+,14+,15+/m1/s1. The van der Waals surface area contributed by atoms with Crippen molar-refractivity contribution in [1.29, 1.82) is 0 Å². The summed E-state index contributed by atoms with van der Waals surface area (Å²) in [6, 6.07) is 3.81. The summed E-state index contributed by atoms with van der Waals surface area (Å²) in [4.78, 5) is 1.78. The van der Waals surface area contributed by atoms with Crippen molar-refractivity contribution >= 4 is 0 Å². The number of benzene rings is 1. The average molecular weight is 347 g/mol. The van der Waals surface area contributed by atoms with Gasteiger partial charge in [0.15, 0.2) is 11.5 Å². The fourth-order valence-corrected chi connectivity index (χ4v) is 4.43. The largest absolute Gasteiger partial charge is 0.586 e. The van der Waals surface area contributed by atoms with Crippen molar-refractivity contribution in [3.63, 3.8) is 0 Å². The minimum absolute atomic E-state index is 0.0863. The van der Waals surface area contributed by atoms with E-state index in [1.165, 1.54) is 12.1 Å². The normalized spacial score (nSPS) is 37.0. The first-order chi connectivity index (χ1) is 11.4. The molecule has 4 atom stereocenters. The number of hydrogen-bond acceptors (Lipinski definition) is 4. The Labute approximate surface area is 136 Å². The lowest BCUT2D eigenvalue weighted by atomic mass is 9.88. The molecule has 24 heavy (non-hydrogen) atoms. The molecular formula is C16H17F4NO3. The highest BCUT2D eigenvalue weighted by Gasteiger charge is 2.57. The lowest BCUT2D eigenvalue weighted by molar-refractivity contribution is -0.286. The SMILES string of the molecule is OC[C@]12C[C@H](F)CN1[C@@H](c1ccc3c(c1)OC(F)(F)O3)[C@@H](CF)C2. The molecule has 1 aromatic rings. The Morgan fingerprint density at radius 1 is 1.21 bits per heavy atom. The van der Waals surface area contributed by atoms with E-state index in [-0.39, 0.29) is 31.1 Å². The van der Waals surface area contributed by atoms with Gasteiger partial charge in [0.25, 0.3) is 0 Å². The summed E-state index contributed by atoms with van der Waals surface area (Å²) in [5.41, 5.74) is -0.233. The van der Waals surface area contributed by atoms with E-state index in [0.717, 1.165) is 0 Å². The summed E-state index contributed by atoms with van der Waals surface area (Å²) >= 11 is 0. The number of nitrogens with zero attached hydrogens (tertiary/aromatic N) is 1. The third-order valence-corrected chi connectivity index (χ3v) is 5.29. The Morgan fingerprint density at radius 2 is 1.96 bits per heavy atom. The summed E-state index contributed by atoms with van der Waals surface area (Å²) in [6.45, 7) is -0.806. The molecule has 1 aromatic carbocycles. The van der Waals surface area contributed by atoms with E-state index in [1.807, 2.05) is 0 Å². The van der Waals surface area contributed by atoms with Gasteiger partial charge in [-0.1, -0.05) is 6.07 Å². The van der Waals surface area contributed by atoms with Crippen molar-refractivity contribution in [3.05, 3.63) is 23.8 Å². The Balaban J connectivity index is 1.70. The first-order valence-corrected chi connectivity index (χ1v) is 7.85. The number of ether oxygens (including phenoxy) is 2. The van der Waals surface area contributed by atoms with Gasteiger partial charge >= 0.3 is 6.29 Å². The monoisotopic (exact) mass is 347 g/mol. The zero-order valence-electron chi connectivity index (χ0n) is 12.7. The maximum Gasteiger partial charge on any atom is 0.586 e. The highest BCUT2D eigenvalue weighted by Crippen LogP contribution is 2.53. The second-order valence-corrected chi connectivity index (χ2v) is 6.77. The van der Waals surface area contributed by atoms with Crippen LogP contribution in [0.15, 0.2) is 18.2 Å². The molecule has 0 radical (unpaired) electrons. The minimum atomic E-state index is -3.72. The Hall–Kier alpha value is -1.54. The smallest absolute Gasteiger partial charge is 0.395 e. The van der Waals surface area contributed by atoms with Crippen LogP contribution in [0, 0.1) is 5.92 Å². The van der Waals surface area contributed by atoms with E-state index >= 15 is 0 Å². The number of rotatable bonds is 3. The van der Waals surface area contributed by atoms with E-state index in [1.54, 1.807) is 11.0 Å². The molecular weight excluding hydrogens is 330 g/mol. The lowest BCUT2D eigenvalue weighted by Gasteiger charge is -2.33. The summed E-state index contributed by atoms with van der Waals surface area (Å²) < 4.78 is 62.7. The van der Waals surface area contributed by atoms with Crippen LogP contribution in [0.5, 0.6) is 11.5 Å². The van der Waals surface area contributed by atoms with Crippen LogP contribution in [0.4, 0.5) is 17.6 Å². The zero-order valence-corrected chi connectivity index (χ0v) is 12.7. The molecule has 0 amide bonds. The number of fused-ring (bicyclic) bond motifs is 2. The summed E-state index contributed by atoms with van der Waals surface area (Å²) in [6.07, 6.45) is -4.34. The van der Waals surface area contributed by atoms with Gasteiger partial charge in [-0.05, 0) is 24.1 Å². The first kappa shape index (κ1) is 16.0. The van der Waals surface area contributed by atoms with Crippen molar-refractivity contribution in [3.8, 4) is 11.5 Å². The van der Waals surface area contributed by atoms with E-state index in [9.17, 15) is 22.7 Å². The fourth-order valence-electron chi connectivity index (χ4n) is 4.43. The Bertz CT molecular complexity index is 658. The molecule has 0 aromatic heterocycles. The first-order valence-electron chi connectivity index (χ1n) is 7.85. The van der Waals surface area contributed by atoms with Crippen LogP contribution in [-0.2, 0) is 0 Å². The molecule has 3 aliphatic rings. The number of halogens is 4. The molecule has 0 bridgehead atoms. The van der Waals surface area contributed by atoms with Crippen molar-refractivity contribution in [2.75, 3.05) is 19.8 Å². The van der Waals surface area contributed by atoms with Crippen molar-refractivity contribution in [2.24, 2.45) is 5.92 Å². The zero-order chi connectivity index (χ0) is 17.1. The van der Waals surface area contributed by atoms with Gasteiger partial charge in [0.1, 0.15) is 6.17 Å². The number of aliphatic hydroxyl groups excluding tert-OH is 1. The quantitative estimate of drug-likeness (QED) is 0.854. The predicted molar refractivity (Wildman–Crippen MR) is 75.5 cm³/mol. The summed E-state index contributed by atoms with van der Waals surface area (Å²) in [5.74, 6) is -0.644. The van der Waals surface area contributed by atoms with Crippen LogP contribution in [0.2, 0.25) is 0 Å². The number of aliphatic hydroxyl groups is 1. The van der Waals surface area contributed by atoms with Gasteiger partial charge in [-0.3, -0.25) is 9.29 Å². The predicted octanol–water partition coefficient (Wildman–Crippen LogP) is 2.81.